The van der Waals surface area contributed by atoms with E-state index in [0.717, 1.165) is 30.3 Å². The molecule has 0 fully saturated rings. The molecule has 2 aromatic rings. The second kappa shape index (κ2) is 15.2. The van der Waals surface area contributed by atoms with Gasteiger partial charge in [0.2, 0.25) is 0 Å². The van der Waals surface area contributed by atoms with Crippen molar-refractivity contribution in [2.45, 2.75) is 9.79 Å². The van der Waals surface area contributed by atoms with Gasteiger partial charge in [0.25, 0.3) is 0 Å². The minimum absolute atomic E-state index is 0. The first-order valence-corrected chi connectivity index (χ1v) is 14.6. The van der Waals surface area contributed by atoms with Crippen LogP contribution < -0.4 is 118 Å². The predicted molar refractivity (Wildman–Crippen MR) is 110 cm³/mol. The van der Waals surface area contributed by atoms with Crippen LogP contribution in [0, 0.1) is 0 Å². The third-order valence-electron chi connectivity index (χ3n) is 4.32. The molecular formula is C16H10N2Na4O12S4. The number of fused-ring (bicyclic) bond motifs is 2. The van der Waals surface area contributed by atoms with Crippen molar-refractivity contribution < 1.29 is 171 Å². The molecule has 22 heteroatoms. The van der Waals surface area contributed by atoms with Gasteiger partial charge in [-0.25, -0.2) is 33.7 Å². The number of sulfonamides is 2. The zero-order chi connectivity index (χ0) is 25.7. The Labute approximate surface area is 307 Å². The van der Waals surface area contributed by atoms with Gasteiger partial charge in [0.1, 0.15) is 20.0 Å². The van der Waals surface area contributed by atoms with Crippen LogP contribution in [0.4, 0.5) is 0 Å². The van der Waals surface area contributed by atoms with Crippen molar-refractivity contribution in [2.75, 3.05) is 11.8 Å². The summed E-state index contributed by atoms with van der Waals surface area (Å²) in [6.07, 6.45) is 0. The molecule has 0 aromatic heterocycles. The monoisotopic (exact) mass is 642 g/mol. The topological polar surface area (TPSA) is 245 Å². The van der Waals surface area contributed by atoms with Crippen LogP contribution in [0.3, 0.4) is 0 Å². The van der Waals surface area contributed by atoms with Gasteiger partial charge in [-0.1, -0.05) is 12.1 Å². The molecule has 0 unspecified atom stereocenters. The van der Waals surface area contributed by atoms with E-state index >= 15 is 0 Å². The summed E-state index contributed by atoms with van der Waals surface area (Å²) in [7, 11) is -19.7. The first-order valence-electron chi connectivity index (χ1n) is 8.54. The van der Waals surface area contributed by atoms with E-state index in [1.807, 2.05) is 0 Å². The molecular weight excluding hydrogens is 632 g/mol. The second-order valence-corrected chi connectivity index (χ2v) is 12.7. The van der Waals surface area contributed by atoms with Crippen LogP contribution in [0.15, 0.2) is 46.2 Å². The van der Waals surface area contributed by atoms with Gasteiger partial charge >= 0.3 is 118 Å². The third kappa shape index (κ3) is 10.0. The van der Waals surface area contributed by atoms with Gasteiger partial charge in [-0.05, 0) is 36.0 Å². The van der Waals surface area contributed by atoms with Crippen molar-refractivity contribution in [3.8, 4) is 0 Å². The van der Waals surface area contributed by atoms with Gasteiger partial charge in [-0.3, -0.25) is 9.59 Å². The summed E-state index contributed by atoms with van der Waals surface area (Å²) in [5, 5.41) is 0. The Morgan fingerprint density at radius 2 is 1.11 bits per heavy atom. The van der Waals surface area contributed by atoms with Crippen molar-refractivity contribution in [3.63, 3.8) is 0 Å². The standard InChI is InChI=1S/C16H12N2O12S4.4Na/c19-15-11-2-1-3-13(34(29,30)18-8-32(24,25)26)14(11)16(20)10-5-4-9(6-12(10)15)33(27,28)17-7-31(21,22)23;;;;/h1-6H,7-8H2,(H,21,22,23)(H,24,25,26);;;;/q-2;4*+1/p-2. The van der Waals surface area contributed by atoms with Crippen molar-refractivity contribution >= 4 is 51.8 Å². The molecule has 0 spiro atoms. The average Bonchev–Trinajstić information content (AvgIpc) is 2.73. The maximum Gasteiger partial charge on any atom is 1.00 e. The first kappa shape index (κ1) is 41.6. The quantitative estimate of drug-likeness (QED) is 0.164. The SMILES string of the molecule is O=C1c2cc(S(=O)(=O)[N-]CS(=O)(=O)[O-])ccc2C(=O)c2c1cccc2S(=O)(=O)[N-]CS(=O)(=O)[O-].[Na+].[Na+].[Na+].[Na+]. The zero-order valence-electron chi connectivity index (χ0n) is 20.3. The van der Waals surface area contributed by atoms with Crippen LogP contribution in [0.25, 0.3) is 9.44 Å². The molecule has 2 aromatic carbocycles. The second-order valence-electron chi connectivity index (χ2n) is 6.63. The first-order chi connectivity index (χ1) is 15.4. The largest absolute Gasteiger partial charge is 1.00 e. The summed E-state index contributed by atoms with van der Waals surface area (Å²) in [5.74, 6) is -5.27. The molecule has 38 heavy (non-hydrogen) atoms. The molecule has 0 atom stereocenters. The van der Waals surface area contributed by atoms with Crippen molar-refractivity contribution in [1.29, 1.82) is 0 Å². The molecule has 0 heterocycles. The summed E-state index contributed by atoms with van der Waals surface area (Å²) in [6, 6.07) is 5.32. The fraction of sp³-hybridized carbons (Fsp3) is 0.125. The third-order valence-corrected chi connectivity index (χ3v) is 8.22. The zero-order valence-corrected chi connectivity index (χ0v) is 31.6. The Balaban J connectivity index is 0. The number of nitrogens with zero attached hydrogens (tertiary/aromatic N) is 2. The van der Waals surface area contributed by atoms with Crippen LogP contribution in [-0.2, 0) is 40.3 Å². The number of hydrogen-bond donors (Lipinski definition) is 0. The smallest absolute Gasteiger partial charge is 0.749 e. The minimum Gasteiger partial charge on any atom is -0.749 e. The van der Waals surface area contributed by atoms with Crippen LogP contribution in [0.1, 0.15) is 31.8 Å². The van der Waals surface area contributed by atoms with Gasteiger partial charge in [0.15, 0.2) is 11.6 Å². The van der Waals surface area contributed by atoms with E-state index in [2.05, 4.69) is 9.44 Å². The van der Waals surface area contributed by atoms with Gasteiger partial charge in [-0.15, -0.1) is 0 Å². The molecule has 0 bridgehead atoms. The Bertz CT molecular complexity index is 1670. The van der Waals surface area contributed by atoms with E-state index in [-0.39, 0.29) is 118 Å². The minimum atomic E-state index is -5.06. The van der Waals surface area contributed by atoms with Crippen LogP contribution in [-0.4, -0.2) is 66.1 Å². The molecule has 14 nitrogen and oxygen atoms in total. The summed E-state index contributed by atoms with van der Waals surface area (Å²) in [6.45, 7) is 0. The Hall–Kier alpha value is 1.42. The molecule has 184 valence electrons. The van der Waals surface area contributed by atoms with Crippen molar-refractivity contribution in [2.24, 2.45) is 0 Å². The van der Waals surface area contributed by atoms with E-state index in [0.29, 0.717) is 6.07 Å². The fourth-order valence-corrected chi connectivity index (χ4v) is 6.58. The fourth-order valence-electron chi connectivity index (χ4n) is 2.93. The number of carbonyl (C=O) groups is 2. The summed E-state index contributed by atoms with van der Waals surface area (Å²) >= 11 is 0. The van der Waals surface area contributed by atoms with Crippen LogP contribution >= 0.6 is 0 Å². The summed E-state index contributed by atoms with van der Waals surface area (Å²) < 4.78 is 119. The van der Waals surface area contributed by atoms with E-state index in [1.54, 1.807) is 0 Å². The van der Waals surface area contributed by atoms with E-state index in [9.17, 15) is 52.4 Å². The van der Waals surface area contributed by atoms with Crippen molar-refractivity contribution in [3.05, 3.63) is 68.1 Å². The maximum atomic E-state index is 13.0. The van der Waals surface area contributed by atoms with E-state index in [4.69, 9.17) is 0 Å². The van der Waals surface area contributed by atoms with Gasteiger partial charge in [-0.2, -0.15) is 0 Å². The van der Waals surface area contributed by atoms with Crippen molar-refractivity contribution in [1.82, 2.24) is 0 Å². The Kier molecular flexibility index (Phi) is 16.7. The number of ketones is 2. The molecule has 1 aliphatic carbocycles. The van der Waals surface area contributed by atoms with E-state index < -0.39 is 95.6 Å². The Morgan fingerprint density at radius 3 is 1.61 bits per heavy atom. The summed E-state index contributed by atoms with van der Waals surface area (Å²) in [5.41, 5.74) is -2.04. The maximum absolute atomic E-state index is 13.0. The van der Waals surface area contributed by atoms with Crippen LogP contribution in [0.2, 0.25) is 0 Å². The number of rotatable bonds is 8. The normalized spacial score (nSPS) is 13.0. The van der Waals surface area contributed by atoms with Gasteiger partial charge in [0.05, 0.1) is 30.7 Å². The van der Waals surface area contributed by atoms with Gasteiger partial charge < -0.3 is 18.5 Å². The number of hydrogen-bond acceptors (Lipinski definition) is 12. The summed E-state index contributed by atoms with van der Waals surface area (Å²) in [4.78, 5) is 24.4. The van der Waals surface area contributed by atoms with Gasteiger partial charge in [0, 0.05) is 21.6 Å². The molecule has 0 N–H and O–H groups in total. The molecule has 3 rings (SSSR count). The Morgan fingerprint density at radius 1 is 0.605 bits per heavy atom. The molecule has 0 aliphatic heterocycles. The molecule has 0 amide bonds. The molecule has 0 radical (unpaired) electrons. The average molecular weight is 642 g/mol. The number of carbonyl (C=O) groups excluding carboxylic acids is 2. The van der Waals surface area contributed by atoms with Crippen LogP contribution in [0.5, 0.6) is 0 Å². The van der Waals surface area contributed by atoms with E-state index in [1.165, 1.54) is 0 Å². The molecule has 0 saturated carbocycles. The predicted octanol–water partition coefficient (Wildman–Crippen LogP) is -12.4. The molecule has 1 aliphatic rings. The molecule has 0 saturated heterocycles. The number of benzene rings is 2.